The second-order valence-corrected chi connectivity index (χ2v) is 6.20. The Morgan fingerprint density at radius 2 is 1.58 bits per heavy atom. The Bertz CT molecular complexity index is 451. The lowest BCUT2D eigenvalue weighted by atomic mass is 10.2. The fraction of sp³-hybridized carbons (Fsp3) is 0.571. The maximum absolute atomic E-state index is 11.8. The van der Waals surface area contributed by atoms with Gasteiger partial charge in [0.05, 0.1) is 11.5 Å². The molecule has 0 bridgehead atoms. The van der Waals surface area contributed by atoms with E-state index in [2.05, 4.69) is 0 Å². The van der Waals surface area contributed by atoms with Gasteiger partial charge >= 0.3 is 0 Å². The first-order valence-electron chi connectivity index (χ1n) is 6.63. The standard InChI is InChI=1S/C14H22O4S/c1-13-7-9-14(10-8-13)19(16,17)18-12-6-4-2-3-5-11-15/h7-10,15H,2-6,11-12H2,1H3. The molecule has 0 aliphatic heterocycles. The van der Waals surface area contributed by atoms with Gasteiger partial charge in [-0.3, -0.25) is 4.18 Å². The van der Waals surface area contributed by atoms with Crippen molar-refractivity contribution in [1.29, 1.82) is 0 Å². The smallest absolute Gasteiger partial charge is 0.296 e. The highest BCUT2D eigenvalue weighted by Gasteiger charge is 2.13. The summed E-state index contributed by atoms with van der Waals surface area (Å²) in [6, 6.07) is 6.63. The molecular weight excluding hydrogens is 264 g/mol. The first-order chi connectivity index (χ1) is 9.06. The van der Waals surface area contributed by atoms with E-state index in [-0.39, 0.29) is 18.1 Å². The lowest BCUT2D eigenvalue weighted by Gasteiger charge is -2.06. The Balaban J connectivity index is 2.29. The minimum absolute atomic E-state index is 0.207. The van der Waals surface area contributed by atoms with Crippen LogP contribution in [0.1, 0.15) is 37.7 Å². The van der Waals surface area contributed by atoms with Crippen molar-refractivity contribution < 1.29 is 17.7 Å². The lowest BCUT2D eigenvalue weighted by molar-refractivity contribution is 0.279. The van der Waals surface area contributed by atoms with Crippen molar-refractivity contribution in [3.8, 4) is 0 Å². The predicted octanol–water partition coefficient (Wildman–Crippen LogP) is 2.64. The highest BCUT2D eigenvalue weighted by atomic mass is 32.2. The van der Waals surface area contributed by atoms with Gasteiger partial charge in [-0.1, -0.05) is 37.0 Å². The monoisotopic (exact) mass is 286 g/mol. The van der Waals surface area contributed by atoms with Crippen molar-refractivity contribution in [2.24, 2.45) is 0 Å². The maximum Gasteiger partial charge on any atom is 0.296 e. The number of benzene rings is 1. The van der Waals surface area contributed by atoms with Crippen LogP contribution in [0.4, 0.5) is 0 Å². The van der Waals surface area contributed by atoms with E-state index in [9.17, 15) is 8.42 Å². The molecule has 0 atom stereocenters. The molecule has 1 aromatic rings. The van der Waals surface area contributed by atoms with Gasteiger partial charge in [0.1, 0.15) is 0 Å². The summed E-state index contributed by atoms with van der Waals surface area (Å²) in [6.45, 7) is 2.34. The summed E-state index contributed by atoms with van der Waals surface area (Å²) in [5, 5.41) is 8.62. The Hall–Kier alpha value is -0.910. The van der Waals surface area contributed by atoms with Crippen LogP contribution >= 0.6 is 0 Å². The van der Waals surface area contributed by atoms with E-state index in [1.165, 1.54) is 0 Å². The summed E-state index contributed by atoms with van der Waals surface area (Å²) in [4.78, 5) is 0.207. The molecule has 0 radical (unpaired) electrons. The van der Waals surface area contributed by atoms with Gasteiger partial charge in [-0.2, -0.15) is 8.42 Å². The Morgan fingerprint density at radius 1 is 1.00 bits per heavy atom. The fourth-order valence-corrected chi connectivity index (χ4v) is 2.63. The molecule has 108 valence electrons. The molecule has 5 heteroatoms. The molecule has 0 aliphatic carbocycles. The zero-order valence-electron chi connectivity index (χ0n) is 11.3. The summed E-state index contributed by atoms with van der Waals surface area (Å²) < 4.78 is 28.6. The molecule has 1 rings (SSSR count). The largest absolute Gasteiger partial charge is 0.396 e. The molecular formula is C14H22O4S. The molecule has 0 saturated heterocycles. The first-order valence-corrected chi connectivity index (χ1v) is 8.04. The molecule has 1 aromatic carbocycles. The quantitative estimate of drug-likeness (QED) is 0.560. The van der Waals surface area contributed by atoms with Gasteiger partial charge in [-0.25, -0.2) is 0 Å². The van der Waals surface area contributed by atoms with E-state index in [0.717, 1.165) is 37.7 Å². The summed E-state index contributed by atoms with van der Waals surface area (Å²) >= 11 is 0. The van der Waals surface area contributed by atoms with Crippen LogP contribution in [0.5, 0.6) is 0 Å². The maximum atomic E-state index is 11.8. The molecule has 0 aromatic heterocycles. The summed E-state index contributed by atoms with van der Waals surface area (Å²) in [6.07, 6.45) is 4.41. The van der Waals surface area contributed by atoms with Crippen molar-refractivity contribution in [2.75, 3.05) is 13.2 Å². The van der Waals surface area contributed by atoms with Crippen LogP contribution in [0.15, 0.2) is 29.2 Å². The predicted molar refractivity (Wildman–Crippen MR) is 74.5 cm³/mol. The topological polar surface area (TPSA) is 63.6 Å². The zero-order valence-corrected chi connectivity index (χ0v) is 12.2. The Labute approximate surface area is 115 Å². The third kappa shape index (κ3) is 6.18. The highest BCUT2D eigenvalue weighted by Crippen LogP contribution is 2.14. The van der Waals surface area contributed by atoms with E-state index >= 15 is 0 Å². The van der Waals surface area contributed by atoms with E-state index in [1.807, 2.05) is 6.92 Å². The van der Waals surface area contributed by atoms with E-state index in [4.69, 9.17) is 9.29 Å². The van der Waals surface area contributed by atoms with E-state index < -0.39 is 10.1 Å². The van der Waals surface area contributed by atoms with Gasteiger partial charge in [0.25, 0.3) is 10.1 Å². The summed E-state index contributed by atoms with van der Waals surface area (Å²) in [5.74, 6) is 0. The normalized spacial score (nSPS) is 11.7. The van der Waals surface area contributed by atoms with Crippen LogP contribution in [0.25, 0.3) is 0 Å². The average molecular weight is 286 g/mol. The minimum Gasteiger partial charge on any atom is -0.396 e. The van der Waals surface area contributed by atoms with Crippen LogP contribution in [0, 0.1) is 6.92 Å². The number of rotatable bonds is 9. The van der Waals surface area contributed by atoms with Gasteiger partial charge in [-0.15, -0.1) is 0 Å². The van der Waals surface area contributed by atoms with Crippen molar-refractivity contribution in [2.45, 2.75) is 43.9 Å². The third-order valence-electron chi connectivity index (χ3n) is 2.85. The number of unbranched alkanes of at least 4 members (excludes halogenated alkanes) is 4. The molecule has 0 amide bonds. The van der Waals surface area contributed by atoms with Crippen molar-refractivity contribution >= 4 is 10.1 Å². The van der Waals surface area contributed by atoms with Crippen molar-refractivity contribution in [1.82, 2.24) is 0 Å². The number of aryl methyl sites for hydroxylation is 1. The van der Waals surface area contributed by atoms with Gasteiger partial charge in [0, 0.05) is 6.61 Å². The number of aliphatic hydroxyl groups excluding tert-OH is 1. The third-order valence-corrected chi connectivity index (χ3v) is 4.18. The van der Waals surface area contributed by atoms with Crippen LogP contribution in [-0.4, -0.2) is 26.7 Å². The van der Waals surface area contributed by atoms with Gasteiger partial charge in [-0.05, 0) is 31.9 Å². The molecule has 19 heavy (non-hydrogen) atoms. The zero-order chi connectivity index (χ0) is 14.1. The Morgan fingerprint density at radius 3 is 2.21 bits per heavy atom. The summed E-state index contributed by atoms with van der Waals surface area (Å²) in [7, 11) is -3.61. The van der Waals surface area contributed by atoms with Gasteiger partial charge < -0.3 is 5.11 Å². The molecule has 0 saturated carbocycles. The van der Waals surface area contributed by atoms with Crippen LogP contribution in [0.3, 0.4) is 0 Å². The molecule has 0 unspecified atom stereocenters. The molecule has 0 fully saturated rings. The summed E-state index contributed by atoms with van der Waals surface area (Å²) in [5.41, 5.74) is 1.02. The molecule has 4 nitrogen and oxygen atoms in total. The highest BCUT2D eigenvalue weighted by molar-refractivity contribution is 7.86. The average Bonchev–Trinajstić information content (AvgIpc) is 2.38. The van der Waals surface area contributed by atoms with Gasteiger partial charge in [0.15, 0.2) is 0 Å². The lowest BCUT2D eigenvalue weighted by Crippen LogP contribution is -2.07. The number of aliphatic hydroxyl groups is 1. The van der Waals surface area contributed by atoms with Crippen LogP contribution in [0.2, 0.25) is 0 Å². The molecule has 0 spiro atoms. The minimum atomic E-state index is -3.61. The van der Waals surface area contributed by atoms with E-state index in [0.29, 0.717) is 0 Å². The van der Waals surface area contributed by atoms with Crippen LogP contribution in [-0.2, 0) is 14.3 Å². The first kappa shape index (κ1) is 16.1. The Kier molecular flexibility index (Phi) is 7.05. The molecule has 0 heterocycles. The van der Waals surface area contributed by atoms with Gasteiger partial charge in [0.2, 0.25) is 0 Å². The fourth-order valence-electron chi connectivity index (χ4n) is 1.69. The molecule has 1 N–H and O–H groups in total. The van der Waals surface area contributed by atoms with Crippen molar-refractivity contribution in [3.05, 3.63) is 29.8 Å². The number of hydrogen-bond acceptors (Lipinski definition) is 4. The van der Waals surface area contributed by atoms with E-state index in [1.54, 1.807) is 24.3 Å². The SMILES string of the molecule is Cc1ccc(S(=O)(=O)OCCCCCCCO)cc1. The molecule has 0 aliphatic rings. The van der Waals surface area contributed by atoms with Crippen molar-refractivity contribution in [3.63, 3.8) is 0 Å². The second-order valence-electron chi connectivity index (χ2n) is 4.58. The number of hydrogen-bond donors (Lipinski definition) is 1. The van der Waals surface area contributed by atoms with Crippen LogP contribution < -0.4 is 0 Å². The second kappa shape index (κ2) is 8.30.